The lowest BCUT2D eigenvalue weighted by Crippen LogP contribution is -2.37. The highest BCUT2D eigenvalue weighted by Gasteiger charge is 2.35. The second kappa shape index (κ2) is 4.12. The summed E-state index contributed by atoms with van der Waals surface area (Å²) >= 11 is 0. The van der Waals surface area contributed by atoms with E-state index in [1.165, 1.54) is 16.4 Å². The molecule has 0 saturated heterocycles. The van der Waals surface area contributed by atoms with Gasteiger partial charge in [-0.25, -0.2) is 9.53 Å². The van der Waals surface area contributed by atoms with Crippen LogP contribution in [-0.2, 0) is 16.8 Å². The lowest BCUT2D eigenvalue weighted by atomic mass is 10.2. The van der Waals surface area contributed by atoms with Gasteiger partial charge in [0.05, 0.1) is 0 Å². The summed E-state index contributed by atoms with van der Waals surface area (Å²) in [7, 11) is -3.70. The Morgan fingerprint density at radius 2 is 2.12 bits per heavy atom. The highest BCUT2D eigenvalue weighted by atomic mass is 32.2. The first-order valence-corrected chi connectivity index (χ1v) is 6.51. The van der Waals surface area contributed by atoms with Crippen LogP contribution in [0.5, 0.6) is 0 Å². The molecule has 1 fully saturated rings. The molecule has 2 rings (SSSR count). The van der Waals surface area contributed by atoms with Gasteiger partial charge in [0.1, 0.15) is 5.82 Å². The molecule has 1 aliphatic carbocycles. The van der Waals surface area contributed by atoms with Gasteiger partial charge in [-0.15, -0.1) is 0 Å². The molecule has 0 spiro atoms. The normalized spacial score (nSPS) is 16.7. The largest absolute Gasteiger partial charge is 0.277 e. The summed E-state index contributed by atoms with van der Waals surface area (Å²) in [5.41, 5.74) is 0.612. The minimum absolute atomic E-state index is 0.0155. The maximum absolute atomic E-state index is 12.9. The minimum atomic E-state index is -3.70. The van der Waals surface area contributed by atoms with Crippen molar-refractivity contribution in [2.24, 2.45) is 5.14 Å². The fourth-order valence-electron chi connectivity index (χ4n) is 1.60. The van der Waals surface area contributed by atoms with Crippen molar-refractivity contribution in [2.45, 2.75) is 25.4 Å². The van der Waals surface area contributed by atoms with E-state index in [1.54, 1.807) is 12.1 Å². The van der Waals surface area contributed by atoms with Gasteiger partial charge >= 0.3 is 0 Å². The van der Waals surface area contributed by atoms with Crippen molar-refractivity contribution < 1.29 is 12.8 Å². The molecule has 88 valence electrons. The highest BCUT2D eigenvalue weighted by Crippen LogP contribution is 2.29. The Balaban J connectivity index is 2.18. The van der Waals surface area contributed by atoms with Crippen molar-refractivity contribution in [1.29, 1.82) is 0 Å². The topological polar surface area (TPSA) is 63.4 Å². The van der Waals surface area contributed by atoms with E-state index < -0.39 is 10.2 Å². The van der Waals surface area contributed by atoms with Gasteiger partial charge in [-0.05, 0) is 30.5 Å². The van der Waals surface area contributed by atoms with Crippen molar-refractivity contribution in [2.75, 3.05) is 0 Å². The van der Waals surface area contributed by atoms with Crippen molar-refractivity contribution in [1.82, 2.24) is 4.31 Å². The summed E-state index contributed by atoms with van der Waals surface area (Å²) in [6.45, 7) is 0.140. The van der Waals surface area contributed by atoms with Crippen molar-refractivity contribution in [3.63, 3.8) is 0 Å². The van der Waals surface area contributed by atoms with Gasteiger partial charge in [-0.2, -0.15) is 12.7 Å². The lowest BCUT2D eigenvalue weighted by molar-refractivity contribution is 0.398. The lowest BCUT2D eigenvalue weighted by Gasteiger charge is -2.18. The molecule has 0 amide bonds. The van der Waals surface area contributed by atoms with E-state index in [4.69, 9.17) is 5.14 Å². The first-order chi connectivity index (χ1) is 7.47. The average Bonchev–Trinajstić information content (AvgIpc) is 2.95. The van der Waals surface area contributed by atoms with Crippen LogP contribution in [0.3, 0.4) is 0 Å². The van der Waals surface area contributed by atoms with E-state index in [0.29, 0.717) is 5.56 Å². The molecule has 2 N–H and O–H groups in total. The molecule has 0 atom stereocenters. The van der Waals surface area contributed by atoms with Gasteiger partial charge in [0.25, 0.3) is 10.2 Å². The van der Waals surface area contributed by atoms with Crippen LogP contribution in [0.2, 0.25) is 0 Å². The van der Waals surface area contributed by atoms with Crippen LogP contribution in [0, 0.1) is 5.82 Å². The zero-order valence-electron chi connectivity index (χ0n) is 8.64. The number of rotatable bonds is 4. The van der Waals surface area contributed by atoms with Crippen molar-refractivity contribution in [3.8, 4) is 0 Å². The zero-order chi connectivity index (χ0) is 11.8. The number of hydrogen-bond donors (Lipinski definition) is 1. The fourth-order valence-corrected chi connectivity index (χ4v) is 2.56. The van der Waals surface area contributed by atoms with Gasteiger partial charge < -0.3 is 0 Å². The molecule has 0 aromatic heterocycles. The van der Waals surface area contributed by atoms with Gasteiger partial charge in [-0.3, -0.25) is 0 Å². The monoisotopic (exact) mass is 244 g/mol. The zero-order valence-corrected chi connectivity index (χ0v) is 9.45. The number of hydrogen-bond acceptors (Lipinski definition) is 2. The Morgan fingerprint density at radius 1 is 1.44 bits per heavy atom. The Bertz CT molecular complexity index is 485. The van der Waals surface area contributed by atoms with Crippen LogP contribution < -0.4 is 5.14 Å². The number of halogens is 1. The molecule has 4 nitrogen and oxygen atoms in total. The summed E-state index contributed by atoms with van der Waals surface area (Å²) in [4.78, 5) is 0. The van der Waals surface area contributed by atoms with E-state index in [9.17, 15) is 12.8 Å². The van der Waals surface area contributed by atoms with E-state index in [2.05, 4.69) is 0 Å². The maximum Gasteiger partial charge on any atom is 0.277 e. The maximum atomic E-state index is 12.9. The van der Waals surface area contributed by atoms with Crippen molar-refractivity contribution >= 4 is 10.2 Å². The first kappa shape index (κ1) is 11.5. The molecule has 6 heteroatoms. The van der Waals surface area contributed by atoms with Crippen LogP contribution >= 0.6 is 0 Å². The summed E-state index contributed by atoms with van der Waals surface area (Å²) in [6, 6.07) is 5.86. The standard InChI is InChI=1S/C10H13FN2O2S/c11-9-3-1-2-8(6-9)7-13(10-4-5-10)16(12,14)15/h1-3,6,10H,4-5,7H2,(H2,12,14,15). The smallest absolute Gasteiger partial charge is 0.216 e. The molecular formula is C10H13FN2O2S. The Hall–Kier alpha value is -0.980. The van der Waals surface area contributed by atoms with Crippen LogP contribution in [-0.4, -0.2) is 18.8 Å². The van der Waals surface area contributed by atoms with Gasteiger partial charge in [-0.1, -0.05) is 12.1 Å². The molecule has 1 saturated carbocycles. The summed E-state index contributed by atoms with van der Waals surface area (Å²) in [6.07, 6.45) is 1.65. The molecule has 0 aliphatic heterocycles. The third kappa shape index (κ3) is 2.78. The molecule has 16 heavy (non-hydrogen) atoms. The predicted octanol–water partition coefficient (Wildman–Crippen LogP) is 0.994. The molecule has 0 radical (unpaired) electrons. The first-order valence-electron chi connectivity index (χ1n) is 5.01. The highest BCUT2D eigenvalue weighted by molar-refractivity contribution is 7.86. The molecule has 0 bridgehead atoms. The second-order valence-corrected chi connectivity index (χ2v) is 5.45. The second-order valence-electron chi connectivity index (χ2n) is 3.95. The Labute approximate surface area is 94.0 Å². The third-order valence-corrected chi connectivity index (χ3v) is 3.59. The van der Waals surface area contributed by atoms with E-state index >= 15 is 0 Å². The minimum Gasteiger partial charge on any atom is -0.216 e. The third-order valence-electron chi connectivity index (χ3n) is 2.51. The SMILES string of the molecule is NS(=O)(=O)N(Cc1cccc(F)c1)C1CC1. The van der Waals surface area contributed by atoms with E-state index in [-0.39, 0.29) is 18.4 Å². The predicted molar refractivity (Wildman–Crippen MR) is 58.1 cm³/mol. The molecule has 0 unspecified atom stereocenters. The van der Waals surface area contributed by atoms with Gasteiger partial charge in [0, 0.05) is 12.6 Å². The summed E-state index contributed by atoms with van der Waals surface area (Å²) < 4.78 is 36.8. The number of nitrogens with two attached hydrogens (primary N) is 1. The molecular weight excluding hydrogens is 231 g/mol. The van der Waals surface area contributed by atoms with Gasteiger partial charge in [0.15, 0.2) is 0 Å². The summed E-state index contributed by atoms with van der Waals surface area (Å²) in [5.74, 6) is -0.373. The Kier molecular flexibility index (Phi) is 2.96. The quantitative estimate of drug-likeness (QED) is 0.858. The molecule has 1 aliphatic rings. The van der Waals surface area contributed by atoms with Crippen LogP contribution in [0.15, 0.2) is 24.3 Å². The van der Waals surface area contributed by atoms with Crippen LogP contribution in [0.1, 0.15) is 18.4 Å². The van der Waals surface area contributed by atoms with E-state index in [0.717, 1.165) is 12.8 Å². The van der Waals surface area contributed by atoms with Crippen molar-refractivity contribution in [3.05, 3.63) is 35.6 Å². The molecule has 1 aromatic rings. The molecule has 1 aromatic carbocycles. The molecule has 0 heterocycles. The van der Waals surface area contributed by atoms with E-state index in [1.807, 2.05) is 0 Å². The average molecular weight is 244 g/mol. The van der Waals surface area contributed by atoms with Gasteiger partial charge in [0.2, 0.25) is 0 Å². The number of benzene rings is 1. The number of nitrogens with zero attached hydrogens (tertiary/aromatic N) is 1. The van der Waals surface area contributed by atoms with Crippen LogP contribution in [0.25, 0.3) is 0 Å². The summed E-state index contributed by atoms with van der Waals surface area (Å²) in [5, 5.41) is 5.11. The Morgan fingerprint density at radius 3 is 2.62 bits per heavy atom. The fraction of sp³-hybridized carbons (Fsp3) is 0.400. The van der Waals surface area contributed by atoms with Crippen LogP contribution in [0.4, 0.5) is 4.39 Å².